The molecule has 0 unspecified atom stereocenters. The fourth-order valence-electron chi connectivity index (χ4n) is 3.70. The summed E-state index contributed by atoms with van der Waals surface area (Å²) < 4.78 is 7.05. The lowest BCUT2D eigenvalue weighted by Crippen LogP contribution is -2.26. The van der Waals surface area contributed by atoms with E-state index in [-0.39, 0.29) is 0 Å². The van der Waals surface area contributed by atoms with E-state index >= 15 is 0 Å². The Morgan fingerprint density at radius 3 is 2.83 bits per heavy atom. The van der Waals surface area contributed by atoms with E-state index in [2.05, 4.69) is 26.0 Å². The van der Waals surface area contributed by atoms with Gasteiger partial charge in [-0.2, -0.15) is 4.52 Å². The number of hydrogen-bond acceptors (Lipinski definition) is 7. The molecule has 1 aliphatic rings. The number of ether oxygens (including phenoxy) is 1. The van der Waals surface area contributed by atoms with Crippen LogP contribution in [0.3, 0.4) is 0 Å². The molecule has 3 aromatic heterocycles. The second-order valence-electron chi connectivity index (χ2n) is 7.56. The van der Waals surface area contributed by atoms with Crippen molar-refractivity contribution in [1.82, 2.24) is 29.5 Å². The fourth-order valence-corrected chi connectivity index (χ4v) is 3.70. The van der Waals surface area contributed by atoms with Gasteiger partial charge >= 0.3 is 0 Å². The number of nitrogens with two attached hydrogens (primary N) is 1. The van der Waals surface area contributed by atoms with Crippen LogP contribution < -0.4 is 10.5 Å². The lowest BCUT2D eigenvalue weighted by atomic mass is 10.2. The Labute approximate surface area is 168 Å². The zero-order valence-electron chi connectivity index (χ0n) is 16.3. The van der Waals surface area contributed by atoms with E-state index in [0.29, 0.717) is 29.4 Å². The van der Waals surface area contributed by atoms with Crippen molar-refractivity contribution < 1.29 is 4.74 Å². The van der Waals surface area contributed by atoms with Gasteiger partial charge in [0.1, 0.15) is 11.3 Å². The van der Waals surface area contributed by atoms with Gasteiger partial charge in [-0.05, 0) is 42.5 Å². The van der Waals surface area contributed by atoms with E-state index in [9.17, 15) is 0 Å². The molecule has 0 radical (unpaired) electrons. The van der Waals surface area contributed by atoms with E-state index in [1.54, 1.807) is 17.8 Å². The smallest absolute Gasteiger partial charge is 0.223 e. The van der Waals surface area contributed by atoms with E-state index in [1.165, 1.54) is 18.4 Å². The average Bonchev–Trinajstić information content (AvgIpc) is 3.44. The van der Waals surface area contributed by atoms with E-state index in [4.69, 9.17) is 15.5 Å². The number of fused-ring (bicyclic) bond motifs is 3. The summed E-state index contributed by atoms with van der Waals surface area (Å²) in [6.45, 7) is 2.51. The monoisotopic (exact) mass is 389 g/mol. The number of benzene rings is 1. The predicted molar refractivity (Wildman–Crippen MR) is 110 cm³/mol. The first-order valence-electron chi connectivity index (χ1n) is 9.80. The van der Waals surface area contributed by atoms with E-state index < -0.39 is 0 Å². The quantitative estimate of drug-likeness (QED) is 0.519. The molecule has 8 heteroatoms. The van der Waals surface area contributed by atoms with Crippen LogP contribution in [-0.2, 0) is 13.1 Å². The highest BCUT2D eigenvalue weighted by atomic mass is 16.5. The molecular weight excluding hydrogens is 366 g/mol. The van der Waals surface area contributed by atoms with Gasteiger partial charge in [0.05, 0.1) is 13.7 Å². The standard InChI is InChI=1S/C21H23N7O/c1-29-17-6-2-5-16-19(17)25-21(22)28-20(16)24-18(26-28)13-27(11-14-7-8-14)12-15-4-3-9-23-10-15/h2-6,9-10,14H,7-8,11-13H2,1H3,(H2,22,25). The lowest BCUT2D eigenvalue weighted by molar-refractivity contribution is 0.240. The maximum absolute atomic E-state index is 6.18. The third kappa shape index (κ3) is 3.58. The maximum Gasteiger partial charge on any atom is 0.223 e. The summed E-state index contributed by atoms with van der Waals surface area (Å²) in [5.74, 6) is 2.48. The van der Waals surface area contributed by atoms with Crippen molar-refractivity contribution in [3.8, 4) is 5.75 Å². The molecule has 0 saturated heterocycles. The van der Waals surface area contributed by atoms with Crippen LogP contribution in [0.2, 0.25) is 0 Å². The Morgan fingerprint density at radius 2 is 2.07 bits per heavy atom. The minimum absolute atomic E-state index is 0.303. The minimum atomic E-state index is 0.303. The van der Waals surface area contributed by atoms with Crippen LogP contribution in [0.25, 0.3) is 16.6 Å². The van der Waals surface area contributed by atoms with Gasteiger partial charge in [0, 0.05) is 30.9 Å². The molecule has 4 aromatic rings. The van der Waals surface area contributed by atoms with Crippen LogP contribution in [-0.4, -0.2) is 43.1 Å². The summed E-state index contributed by atoms with van der Waals surface area (Å²) in [6, 6.07) is 9.84. The number of para-hydroxylation sites is 1. The summed E-state index contributed by atoms with van der Waals surface area (Å²) in [5, 5.41) is 5.52. The molecule has 148 valence electrons. The van der Waals surface area contributed by atoms with Crippen molar-refractivity contribution in [3.05, 3.63) is 54.1 Å². The highest BCUT2D eigenvalue weighted by molar-refractivity contribution is 5.95. The molecule has 0 bridgehead atoms. The van der Waals surface area contributed by atoms with Crippen molar-refractivity contribution in [2.75, 3.05) is 19.4 Å². The Morgan fingerprint density at radius 1 is 1.17 bits per heavy atom. The number of nitrogens with zero attached hydrogens (tertiary/aromatic N) is 6. The van der Waals surface area contributed by atoms with Crippen molar-refractivity contribution in [2.45, 2.75) is 25.9 Å². The molecule has 1 aliphatic carbocycles. The first-order valence-corrected chi connectivity index (χ1v) is 9.80. The van der Waals surface area contributed by atoms with Gasteiger partial charge in [0.15, 0.2) is 11.5 Å². The topological polar surface area (TPSA) is 94.5 Å². The molecule has 8 nitrogen and oxygen atoms in total. The van der Waals surface area contributed by atoms with Gasteiger partial charge in [-0.25, -0.2) is 9.97 Å². The molecule has 0 spiro atoms. The summed E-state index contributed by atoms with van der Waals surface area (Å²) in [4.78, 5) is 15.9. The molecule has 1 fully saturated rings. The van der Waals surface area contributed by atoms with E-state index in [0.717, 1.165) is 30.2 Å². The zero-order chi connectivity index (χ0) is 19.8. The van der Waals surface area contributed by atoms with E-state index in [1.807, 2.05) is 30.5 Å². The third-order valence-corrected chi connectivity index (χ3v) is 5.26. The molecular formula is C21H23N7O. The molecule has 1 saturated carbocycles. The Balaban J connectivity index is 1.50. The molecule has 0 atom stereocenters. The number of methoxy groups -OCH3 is 1. The van der Waals surface area contributed by atoms with Gasteiger partial charge in [-0.3, -0.25) is 9.88 Å². The van der Waals surface area contributed by atoms with Gasteiger partial charge in [-0.15, -0.1) is 5.10 Å². The first kappa shape index (κ1) is 17.8. The lowest BCUT2D eigenvalue weighted by Gasteiger charge is -2.20. The minimum Gasteiger partial charge on any atom is -0.494 e. The number of anilines is 1. The fraction of sp³-hybridized carbons (Fsp3) is 0.333. The maximum atomic E-state index is 6.18. The largest absolute Gasteiger partial charge is 0.494 e. The highest BCUT2D eigenvalue weighted by Gasteiger charge is 2.25. The molecule has 1 aromatic carbocycles. The van der Waals surface area contributed by atoms with Crippen LogP contribution in [0.1, 0.15) is 24.2 Å². The molecule has 0 aliphatic heterocycles. The van der Waals surface area contributed by atoms with Crippen LogP contribution in [0.4, 0.5) is 5.95 Å². The summed E-state index contributed by atoms with van der Waals surface area (Å²) in [5.41, 5.74) is 8.77. The predicted octanol–water partition coefficient (Wildman–Crippen LogP) is 2.68. The third-order valence-electron chi connectivity index (χ3n) is 5.26. The summed E-state index contributed by atoms with van der Waals surface area (Å²) in [7, 11) is 1.63. The number of nitrogen functional groups attached to an aromatic ring is 1. The van der Waals surface area contributed by atoms with Crippen LogP contribution in [0.5, 0.6) is 5.75 Å². The van der Waals surface area contributed by atoms with Crippen molar-refractivity contribution in [3.63, 3.8) is 0 Å². The Kier molecular flexibility index (Phi) is 4.48. The molecule has 29 heavy (non-hydrogen) atoms. The second kappa shape index (κ2) is 7.29. The van der Waals surface area contributed by atoms with Crippen molar-refractivity contribution in [2.24, 2.45) is 5.92 Å². The van der Waals surface area contributed by atoms with Crippen LogP contribution >= 0.6 is 0 Å². The SMILES string of the molecule is COc1cccc2c1nc(N)n1nc(CN(Cc3cccnc3)CC3CC3)nc21. The normalized spacial score (nSPS) is 14.1. The Bertz CT molecular complexity index is 1150. The highest BCUT2D eigenvalue weighted by Crippen LogP contribution is 2.31. The van der Waals surface area contributed by atoms with Crippen LogP contribution in [0.15, 0.2) is 42.7 Å². The number of hydrogen-bond donors (Lipinski definition) is 1. The molecule has 0 amide bonds. The Hall–Kier alpha value is -3.26. The van der Waals surface area contributed by atoms with Crippen molar-refractivity contribution in [1.29, 1.82) is 0 Å². The second-order valence-corrected chi connectivity index (χ2v) is 7.56. The number of rotatable bonds is 7. The molecule has 3 heterocycles. The van der Waals surface area contributed by atoms with Crippen LogP contribution in [0, 0.1) is 5.92 Å². The van der Waals surface area contributed by atoms with Crippen molar-refractivity contribution >= 4 is 22.5 Å². The first-order chi connectivity index (χ1) is 14.2. The average molecular weight is 389 g/mol. The van der Waals surface area contributed by atoms with Gasteiger partial charge in [-0.1, -0.05) is 12.1 Å². The summed E-state index contributed by atoms with van der Waals surface area (Å²) in [6.07, 6.45) is 6.30. The molecule has 2 N–H and O–H groups in total. The zero-order valence-corrected chi connectivity index (χ0v) is 16.3. The van der Waals surface area contributed by atoms with Gasteiger partial charge in [0.25, 0.3) is 0 Å². The number of aromatic nitrogens is 5. The summed E-state index contributed by atoms with van der Waals surface area (Å²) >= 11 is 0. The molecule has 5 rings (SSSR count). The van der Waals surface area contributed by atoms with Gasteiger partial charge < -0.3 is 10.5 Å². The number of pyridine rings is 1. The van der Waals surface area contributed by atoms with Gasteiger partial charge in [0.2, 0.25) is 5.95 Å².